The van der Waals surface area contributed by atoms with Gasteiger partial charge in [0.05, 0.1) is 11.7 Å². The van der Waals surface area contributed by atoms with E-state index in [9.17, 15) is 5.11 Å². The van der Waals surface area contributed by atoms with Crippen molar-refractivity contribution in [1.82, 2.24) is 0 Å². The Balaban J connectivity index is 1.67. The number of unbranched alkanes of at least 4 members (excludes halogenated alkanes) is 1. The molecule has 3 saturated carbocycles. The van der Waals surface area contributed by atoms with Gasteiger partial charge in [0.25, 0.3) is 0 Å². The van der Waals surface area contributed by atoms with Crippen molar-refractivity contribution >= 4 is 16.6 Å². The molecule has 0 amide bonds. The summed E-state index contributed by atoms with van der Waals surface area (Å²) >= 11 is 0. The van der Waals surface area contributed by atoms with Crippen LogP contribution >= 0.6 is 0 Å². The maximum absolute atomic E-state index is 12.8. The van der Waals surface area contributed by atoms with E-state index in [1.165, 1.54) is 31.3 Å². The molecular formula is C35H66O3Si2. The van der Waals surface area contributed by atoms with Crippen LogP contribution in [0.5, 0.6) is 0 Å². The molecule has 4 aliphatic carbocycles. The average molecular weight is 591 g/mol. The van der Waals surface area contributed by atoms with Crippen LogP contribution in [0.4, 0.5) is 0 Å². The second-order valence-electron chi connectivity index (χ2n) is 18.2. The molecule has 5 heteroatoms. The Kier molecular flexibility index (Phi) is 8.73. The third-order valence-corrected chi connectivity index (χ3v) is 22.6. The molecule has 0 spiro atoms. The zero-order chi connectivity index (χ0) is 30.2. The molecule has 0 aliphatic heterocycles. The molecule has 3 fully saturated rings. The highest BCUT2D eigenvalue weighted by Gasteiger charge is 2.65. The van der Waals surface area contributed by atoms with Gasteiger partial charge >= 0.3 is 0 Å². The molecule has 4 aliphatic rings. The van der Waals surface area contributed by atoms with Gasteiger partial charge in [-0.25, -0.2) is 0 Å². The topological polar surface area (TPSA) is 38.7 Å². The Labute approximate surface area is 250 Å². The first-order valence-electron chi connectivity index (χ1n) is 16.9. The lowest BCUT2D eigenvalue weighted by Crippen LogP contribution is -2.61. The van der Waals surface area contributed by atoms with Crippen molar-refractivity contribution < 1.29 is 14.0 Å². The lowest BCUT2D eigenvalue weighted by atomic mass is 9.44. The molecule has 0 saturated heterocycles. The normalized spacial score (nSPS) is 40.8. The van der Waals surface area contributed by atoms with Gasteiger partial charge in [-0.2, -0.15) is 0 Å². The summed E-state index contributed by atoms with van der Waals surface area (Å²) in [4.78, 5) is 0. The molecule has 0 aromatic carbocycles. The van der Waals surface area contributed by atoms with Gasteiger partial charge in [0.2, 0.25) is 0 Å². The average Bonchev–Trinajstić information content (AvgIpc) is 3.12. The van der Waals surface area contributed by atoms with Crippen LogP contribution in [0.15, 0.2) is 11.6 Å². The number of aliphatic hydroxyl groups is 1. The third kappa shape index (κ3) is 5.55. The van der Waals surface area contributed by atoms with E-state index in [1.54, 1.807) is 0 Å². The summed E-state index contributed by atoms with van der Waals surface area (Å²) in [7, 11) is -3.70. The van der Waals surface area contributed by atoms with Crippen LogP contribution in [0.25, 0.3) is 0 Å². The molecule has 0 bridgehead atoms. The Morgan fingerprint density at radius 2 is 1.45 bits per heavy atom. The SMILES string of the molecule is CCCC[C@@]1(O)C=C2C[C@@H](O[Si](C)(C)C(C)(C)C)CC[C@]2(C)[C@H]2CC[C@]3(C)[C@@H](O[Si](C)(C)C(C)(C)C)CC[C@H]3[C@@H]21. The Hall–Kier alpha value is 0.0538. The third-order valence-electron chi connectivity index (χ3n) is 13.6. The number of hydrogen-bond donors (Lipinski definition) is 1. The highest BCUT2D eigenvalue weighted by atomic mass is 28.4. The summed E-state index contributed by atoms with van der Waals surface area (Å²) < 4.78 is 14.2. The first-order chi connectivity index (χ1) is 18.1. The van der Waals surface area contributed by atoms with Gasteiger partial charge in [-0.05, 0) is 116 Å². The van der Waals surface area contributed by atoms with Gasteiger partial charge in [-0.15, -0.1) is 0 Å². The van der Waals surface area contributed by atoms with Gasteiger partial charge in [-0.3, -0.25) is 0 Å². The molecule has 3 nitrogen and oxygen atoms in total. The van der Waals surface area contributed by atoms with Crippen LogP contribution in [0, 0.1) is 28.6 Å². The van der Waals surface area contributed by atoms with Crippen LogP contribution in [0.2, 0.25) is 36.3 Å². The molecular weight excluding hydrogens is 525 g/mol. The Bertz CT molecular complexity index is 959. The van der Waals surface area contributed by atoms with Gasteiger partial charge in [-0.1, -0.05) is 86.8 Å². The van der Waals surface area contributed by atoms with Crippen LogP contribution in [0.3, 0.4) is 0 Å². The van der Waals surface area contributed by atoms with Crippen molar-refractivity contribution in [2.24, 2.45) is 28.6 Å². The van der Waals surface area contributed by atoms with E-state index in [0.717, 1.165) is 38.5 Å². The Morgan fingerprint density at radius 1 is 0.850 bits per heavy atom. The van der Waals surface area contributed by atoms with Crippen molar-refractivity contribution in [2.45, 2.75) is 181 Å². The summed E-state index contributed by atoms with van der Waals surface area (Å²) in [5.41, 5.74) is 1.18. The molecule has 232 valence electrons. The van der Waals surface area contributed by atoms with Crippen LogP contribution in [-0.2, 0) is 8.85 Å². The van der Waals surface area contributed by atoms with E-state index in [-0.39, 0.29) is 20.9 Å². The van der Waals surface area contributed by atoms with Crippen molar-refractivity contribution in [3.8, 4) is 0 Å². The maximum Gasteiger partial charge on any atom is 0.192 e. The minimum Gasteiger partial charge on any atom is -0.414 e. The van der Waals surface area contributed by atoms with E-state index >= 15 is 0 Å². The van der Waals surface area contributed by atoms with E-state index in [4.69, 9.17) is 8.85 Å². The highest BCUT2D eigenvalue weighted by molar-refractivity contribution is 6.74. The standard InChI is InChI=1S/C35H66O3Si2/c1-14-15-20-35(36)24-25-23-26(37-39(10,11)31(2,3)4)18-21-33(25,8)28-19-22-34(9)27(30(28)35)16-17-29(34)38-40(12,13)32(5,6)7/h24,26-30,36H,14-23H2,1-13H3/t26-,27-,28-,29-,30-,33-,34-,35+/m0/s1. The van der Waals surface area contributed by atoms with Crippen LogP contribution in [-0.4, -0.2) is 39.6 Å². The monoisotopic (exact) mass is 590 g/mol. The molecule has 0 unspecified atom stereocenters. The zero-order valence-corrected chi connectivity index (χ0v) is 30.8. The maximum atomic E-state index is 12.8. The van der Waals surface area contributed by atoms with Crippen LogP contribution in [0.1, 0.15) is 127 Å². The van der Waals surface area contributed by atoms with E-state index in [1.807, 2.05) is 0 Å². The van der Waals surface area contributed by atoms with Gasteiger partial charge in [0, 0.05) is 6.10 Å². The molecule has 0 radical (unpaired) electrons. The molecule has 1 N–H and O–H groups in total. The lowest BCUT2D eigenvalue weighted by molar-refractivity contribution is -0.146. The Morgan fingerprint density at radius 3 is 2.02 bits per heavy atom. The van der Waals surface area contributed by atoms with E-state index in [0.29, 0.717) is 30.0 Å². The minimum absolute atomic E-state index is 0.168. The zero-order valence-electron chi connectivity index (χ0n) is 28.8. The number of fused-ring (bicyclic) bond motifs is 5. The minimum atomic E-state index is -1.86. The van der Waals surface area contributed by atoms with Crippen LogP contribution < -0.4 is 0 Å². The number of hydrogen-bond acceptors (Lipinski definition) is 3. The molecule has 8 atom stereocenters. The molecule has 0 aromatic heterocycles. The van der Waals surface area contributed by atoms with Gasteiger partial charge < -0.3 is 14.0 Å². The fourth-order valence-electron chi connectivity index (χ4n) is 8.87. The fourth-order valence-corrected chi connectivity index (χ4v) is 11.7. The largest absolute Gasteiger partial charge is 0.414 e. The van der Waals surface area contributed by atoms with E-state index in [2.05, 4.69) is 94.6 Å². The summed E-state index contributed by atoms with van der Waals surface area (Å²) in [5, 5.41) is 13.2. The smallest absolute Gasteiger partial charge is 0.192 e. The first kappa shape index (κ1) is 33.0. The number of rotatable bonds is 7. The highest BCUT2D eigenvalue weighted by Crippen LogP contribution is 2.68. The lowest BCUT2D eigenvalue weighted by Gasteiger charge is -2.62. The van der Waals surface area contributed by atoms with Crippen molar-refractivity contribution in [3.63, 3.8) is 0 Å². The molecule has 4 rings (SSSR count). The summed E-state index contributed by atoms with van der Waals surface area (Å²) in [5.74, 6) is 1.45. The predicted octanol–water partition coefficient (Wildman–Crippen LogP) is 10.3. The molecule has 0 heterocycles. The van der Waals surface area contributed by atoms with Crippen molar-refractivity contribution in [2.75, 3.05) is 0 Å². The second-order valence-corrected chi connectivity index (χ2v) is 27.7. The fraction of sp³-hybridized carbons (Fsp3) is 0.943. The van der Waals surface area contributed by atoms with Crippen molar-refractivity contribution in [1.29, 1.82) is 0 Å². The second kappa shape index (κ2) is 10.6. The van der Waals surface area contributed by atoms with Crippen molar-refractivity contribution in [3.05, 3.63) is 11.6 Å². The van der Waals surface area contributed by atoms with Gasteiger partial charge in [0.1, 0.15) is 0 Å². The predicted molar refractivity (Wildman–Crippen MR) is 176 cm³/mol. The summed E-state index contributed by atoms with van der Waals surface area (Å²) in [6, 6.07) is 0. The first-order valence-corrected chi connectivity index (χ1v) is 22.7. The van der Waals surface area contributed by atoms with E-state index < -0.39 is 22.2 Å². The van der Waals surface area contributed by atoms with Gasteiger partial charge in [0.15, 0.2) is 16.6 Å². The quantitative estimate of drug-likeness (QED) is 0.237. The summed E-state index contributed by atoms with van der Waals surface area (Å²) in [6.45, 7) is 31.2. The summed E-state index contributed by atoms with van der Waals surface area (Å²) in [6.07, 6.45) is 14.4. The molecule has 0 aromatic rings. The molecule has 40 heavy (non-hydrogen) atoms.